The highest BCUT2D eigenvalue weighted by atomic mass is 19.1. The Hall–Kier alpha value is -2.93. The third-order valence-electron chi connectivity index (χ3n) is 4.27. The highest BCUT2D eigenvalue weighted by molar-refractivity contribution is 5.89. The molecule has 0 bridgehead atoms. The first-order valence-corrected chi connectivity index (χ1v) is 8.88. The topological polar surface area (TPSA) is 79.5 Å². The molecule has 2 aromatic rings. The van der Waals surface area contributed by atoms with Crippen molar-refractivity contribution in [2.24, 2.45) is 0 Å². The Morgan fingerprint density at radius 3 is 2.22 bits per heavy atom. The number of urea groups is 1. The number of nitrogens with one attached hydrogen (secondary N) is 3. The fraction of sp³-hybridized carbons (Fsp3) is 0.300. The van der Waals surface area contributed by atoms with Crippen molar-refractivity contribution in [3.8, 4) is 0 Å². The zero-order chi connectivity index (χ0) is 19.1. The smallest absolute Gasteiger partial charge is 0.319 e. The molecule has 0 unspecified atom stereocenters. The molecule has 0 spiro atoms. The zero-order valence-corrected chi connectivity index (χ0v) is 14.8. The second kappa shape index (κ2) is 9.14. The van der Waals surface area contributed by atoms with Gasteiger partial charge in [0.2, 0.25) is 5.91 Å². The van der Waals surface area contributed by atoms with Gasteiger partial charge in [-0.3, -0.25) is 4.79 Å². The van der Waals surface area contributed by atoms with Crippen molar-refractivity contribution in [2.75, 3.05) is 11.9 Å². The standard InChI is InChI=1S/C20H22FN3O3/c21-16-7-3-14(4-8-16)13-23-20(26)24-17-9-5-15(6-10-17)12-22-19(25)18-2-1-11-27-18/h3-10,18H,1-2,11-13H2,(H,22,25)(H2,23,24,26)/t18-/m1/s1. The summed E-state index contributed by atoms with van der Waals surface area (Å²) in [6.07, 6.45) is 1.35. The van der Waals surface area contributed by atoms with E-state index in [1.165, 1.54) is 12.1 Å². The van der Waals surface area contributed by atoms with Crippen LogP contribution in [0.3, 0.4) is 0 Å². The van der Waals surface area contributed by atoms with Crippen LogP contribution in [0.4, 0.5) is 14.9 Å². The fourth-order valence-electron chi connectivity index (χ4n) is 2.75. The van der Waals surface area contributed by atoms with Gasteiger partial charge in [0.25, 0.3) is 0 Å². The molecule has 1 fully saturated rings. The van der Waals surface area contributed by atoms with Gasteiger partial charge in [0.1, 0.15) is 11.9 Å². The van der Waals surface area contributed by atoms with Crippen LogP contribution < -0.4 is 16.0 Å². The summed E-state index contributed by atoms with van der Waals surface area (Å²) in [5, 5.41) is 8.29. The number of rotatable bonds is 6. The molecule has 27 heavy (non-hydrogen) atoms. The maximum absolute atomic E-state index is 12.9. The van der Waals surface area contributed by atoms with E-state index in [0.717, 1.165) is 24.0 Å². The van der Waals surface area contributed by atoms with Crippen LogP contribution in [0, 0.1) is 5.82 Å². The second-order valence-electron chi connectivity index (χ2n) is 6.35. The second-order valence-corrected chi connectivity index (χ2v) is 6.35. The molecule has 1 atom stereocenters. The van der Waals surface area contributed by atoms with Crippen molar-refractivity contribution in [1.29, 1.82) is 0 Å². The minimum atomic E-state index is -0.348. The summed E-state index contributed by atoms with van der Waals surface area (Å²) in [6.45, 7) is 1.36. The number of halogens is 1. The van der Waals surface area contributed by atoms with E-state index >= 15 is 0 Å². The van der Waals surface area contributed by atoms with Gasteiger partial charge < -0.3 is 20.7 Å². The third kappa shape index (κ3) is 5.79. The van der Waals surface area contributed by atoms with Gasteiger partial charge >= 0.3 is 6.03 Å². The molecule has 1 aliphatic rings. The number of amides is 3. The van der Waals surface area contributed by atoms with E-state index in [0.29, 0.717) is 25.4 Å². The van der Waals surface area contributed by atoms with Crippen LogP contribution in [0.15, 0.2) is 48.5 Å². The summed E-state index contributed by atoms with van der Waals surface area (Å²) in [6, 6.07) is 12.8. The van der Waals surface area contributed by atoms with Crippen molar-refractivity contribution in [2.45, 2.75) is 32.0 Å². The van der Waals surface area contributed by atoms with Gasteiger partial charge in [0, 0.05) is 25.4 Å². The molecule has 3 amide bonds. The first-order chi connectivity index (χ1) is 13.1. The van der Waals surface area contributed by atoms with E-state index in [2.05, 4.69) is 16.0 Å². The lowest BCUT2D eigenvalue weighted by atomic mass is 10.2. The molecular weight excluding hydrogens is 349 g/mol. The number of hydrogen-bond acceptors (Lipinski definition) is 3. The predicted octanol–water partition coefficient (Wildman–Crippen LogP) is 2.94. The summed E-state index contributed by atoms with van der Waals surface area (Å²) in [7, 11) is 0. The maximum atomic E-state index is 12.9. The largest absolute Gasteiger partial charge is 0.368 e. The number of ether oxygens (including phenoxy) is 1. The SMILES string of the molecule is O=C(NCc1ccc(F)cc1)Nc1ccc(CNC(=O)[C@H]2CCCO2)cc1. The lowest BCUT2D eigenvalue weighted by molar-refractivity contribution is -0.130. The van der Waals surface area contributed by atoms with Crippen LogP contribution in [0.1, 0.15) is 24.0 Å². The highest BCUT2D eigenvalue weighted by Gasteiger charge is 2.22. The fourth-order valence-corrected chi connectivity index (χ4v) is 2.75. The monoisotopic (exact) mass is 371 g/mol. The van der Waals surface area contributed by atoms with Crippen molar-refractivity contribution in [3.63, 3.8) is 0 Å². The Labute approximate surface area is 157 Å². The molecular formula is C20H22FN3O3. The van der Waals surface area contributed by atoms with Crippen LogP contribution in [0.5, 0.6) is 0 Å². The first kappa shape index (κ1) is 18.8. The molecule has 1 heterocycles. The molecule has 1 aliphatic heterocycles. The number of anilines is 1. The van der Waals surface area contributed by atoms with Crippen molar-refractivity contribution in [3.05, 3.63) is 65.5 Å². The lowest BCUT2D eigenvalue weighted by Gasteiger charge is -2.11. The Bertz CT molecular complexity index is 772. The lowest BCUT2D eigenvalue weighted by Crippen LogP contribution is -2.33. The van der Waals surface area contributed by atoms with Crippen LogP contribution in [0.2, 0.25) is 0 Å². The molecule has 0 saturated carbocycles. The molecule has 3 N–H and O–H groups in total. The molecule has 6 nitrogen and oxygen atoms in total. The van der Waals surface area contributed by atoms with Gasteiger partial charge in [-0.1, -0.05) is 24.3 Å². The Balaban J connectivity index is 1.42. The van der Waals surface area contributed by atoms with Gasteiger partial charge in [-0.05, 0) is 48.2 Å². The van der Waals surface area contributed by atoms with Crippen molar-refractivity contribution < 1.29 is 18.7 Å². The maximum Gasteiger partial charge on any atom is 0.319 e. The average molecular weight is 371 g/mol. The number of carbonyl (C=O) groups excluding carboxylic acids is 2. The summed E-state index contributed by atoms with van der Waals surface area (Å²) in [5.74, 6) is -0.398. The zero-order valence-electron chi connectivity index (χ0n) is 14.8. The van der Waals surface area contributed by atoms with Crippen LogP contribution in [0.25, 0.3) is 0 Å². The molecule has 142 valence electrons. The van der Waals surface area contributed by atoms with Crippen LogP contribution >= 0.6 is 0 Å². The van der Waals surface area contributed by atoms with E-state index in [4.69, 9.17) is 4.74 Å². The van der Waals surface area contributed by atoms with Gasteiger partial charge in [-0.15, -0.1) is 0 Å². The molecule has 0 aliphatic carbocycles. The predicted molar refractivity (Wildman–Crippen MR) is 99.5 cm³/mol. The van der Waals surface area contributed by atoms with Crippen LogP contribution in [-0.4, -0.2) is 24.6 Å². The van der Waals surface area contributed by atoms with E-state index in [-0.39, 0.29) is 23.9 Å². The van der Waals surface area contributed by atoms with Crippen molar-refractivity contribution in [1.82, 2.24) is 10.6 Å². The molecule has 1 saturated heterocycles. The van der Waals surface area contributed by atoms with E-state index in [1.54, 1.807) is 24.3 Å². The summed E-state index contributed by atoms with van der Waals surface area (Å²) in [4.78, 5) is 23.8. The number of carbonyl (C=O) groups is 2. The molecule has 0 radical (unpaired) electrons. The van der Waals surface area contributed by atoms with E-state index < -0.39 is 0 Å². The minimum Gasteiger partial charge on any atom is -0.368 e. The quantitative estimate of drug-likeness (QED) is 0.730. The minimum absolute atomic E-state index is 0.0881. The molecule has 2 aromatic carbocycles. The normalized spacial score (nSPS) is 16.0. The van der Waals surface area contributed by atoms with E-state index in [9.17, 15) is 14.0 Å². The Morgan fingerprint density at radius 1 is 0.963 bits per heavy atom. The number of benzene rings is 2. The molecule has 0 aromatic heterocycles. The summed E-state index contributed by atoms with van der Waals surface area (Å²) < 4.78 is 18.2. The molecule has 7 heteroatoms. The van der Waals surface area contributed by atoms with Crippen LogP contribution in [-0.2, 0) is 22.6 Å². The first-order valence-electron chi connectivity index (χ1n) is 8.88. The van der Waals surface area contributed by atoms with Crippen molar-refractivity contribution >= 4 is 17.6 Å². The Morgan fingerprint density at radius 2 is 1.59 bits per heavy atom. The van der Waals surface area contributed by atoms with E-state index in [1.807, 2.05) is 12.1 Å². The Kier molecular flexibility index (Phi) is 6.38. The average Bonchev–Trinajstić information content (AvgIpc) is 3.22. The van der Waals surface area contributed by atoms with Gasteiger partial charge in [-0.25, -0.2) is 9.18 Å². The summed E-state index contributed by atoms with van der Waals surface area (Å²) >= 11 is 0. The van der Waals surface area contributed by atoms with Gasteiger partial charge in [0.05, 0.1) is 0 Å². The van der Waals surface area contributed by atoms with Gasteiger partial charge in [0.15, 0.2) is 0 Å². The van der Waals surface area contributed by atoms with Gasteiger partial charge in [-0.2, -0.15) is 0 Å². The summed E-state index contributed by atoms with van der Waals surface area (Å²) in [5.41, 5.74) is 2.38. The third-order valence-corrected chi connectivity index (χ3v) is 4.27. The highest BCUT2D eigenvalue weighted by Crippen LogP contribution is 2.13. The number of hydrogen-bond donors (Lipinski definition) is 3. The molecule has 3 rings (SSSR count).